The van der Waals surface area contributed by atoms with E-state index in [9.17, 15) is 5.11 Å². The standard InChI is InChI=1S/C17H20N6O/c1-21-5-7-22(8-6-21)16-15-10-20-23(17(15)19-12-18-16)11-13-3-2-4-14(24)9-13/h2-4,9-10,12,24H,5-8,11H2,1H3. The van der Waals surface area contributed by atoms with Crippen LogP contribution in [-0.4, -0.2) is 63.0 Å². The summed E-state index contributed by atoms with van der Waals surface area (Å²) in [6.45, 7) is 4.55. The summed E-state index contributed by atoms with van der Waals surface area (Å²) in [6.07, 6.45) is 3.45. The molecule has 0 saturated carbocycles. The second kappa shape index (κ2) is 6.09. The van der Waals surface area contributed by atoms with E-state index < -0.39 is 0 Å². The van der Waals surface area contributed by atoms with E-state index in [0.29, 0.717) is 6.54 Å². The highest BCUT2D eigenvalue weighted by Gasteiger charge is 2.19. The number of phenols is 1. The highest BCUT2D eigenvalue weighted by molar-refractivity contribution is 5.86. The Bertz CT molecular complexity index is 853. The lowest BCUT2D eigenvalue weighted by Crippen LogP contribution is -2.44. The first-order valence-corrected chi connectivity index (χ1v) is 8.08. The van der Waals surface area contributed by atoms with Crippen LogP contribution in [0.1, 0.15) is 5.56 Å². The molecule has 0 radical (unpaired) electrons. The number of aromatic hydroxyl groups is 1. The van der Waals surface area contributed by atoms with Gasteiger partial charge in [-0.2, -0.15) is 5.10 Å². The fourth-order valence-corrected chi connectivity index (χ4v) is 3.09. The molecule has 2 aromatic heterocycles. The zero-order valence-electron chi connectivity index (χ0n) is 13.6. The molecule has 0 bridgehead atoms. The molecule has 0 unspecified atom stereocenters. The lowest BCUT2D eigenvalue weighted by atomic mass is 10.2. The molecule has 1 aliphatic rings. The Morgan fingerprint density at radius 3 is 2.75 bits per heavy atom. The fourth-order valence-electron chi connectivity index (χ4n) is 3.09. The molecular formula is C17H20N6O. The number of benzene rings is 1. The van der Waals surface area contributed by atoms with E-state index in [1.54, 1.807) is 18.5 Å². The van der Waals surface area contributed by atoms with Gasteiger partial charge in [-0.25, -0.2) is 14.6 Å². The fraction of sp³-hybridized carbons (Fsp3) is 0.353. The van der Waals surface area contributed by atoms with Crippen molar-refractivity contribution in [1.29, 1.82) is 0 Å². The summed E-state index contributed by atoms with van der Waals surface area (Å²) in [7, 11) is 2.14. The Kier molecular flexibility index (Phi) is 3.78. The van der Waals surface area contributed by atoms with Gasteiger partial charge in [-0.05, 0) is 24.7 Å². The minimum atomic E-state index is 0.261. The smallest absolute Gasteiger partial charge is 0.163 e. The molecule has 0 atom stereocenters. The summed E-state index contributed by atoms with van der Waals surface area (Å²) in [4.78, 5) is 13.5. The van der Waals surface area contributed by atoms with Crippen molar-refractivity contribution in [2.45, 2.75) is 6.54 Å². The maximum atomic E-state index is 9.62. The van der Waals surface area contributed by atoms with E-state index >= 15 is 0 Å². The summed E-state index contributed by atoms with van der Waals surface area (Å²) >= 11 is 0. The van der Waals surface area contributed by atoms with Crippen LogP contribution >= 0.6 is 0 Å². The zero-order valence-corrected chi connectivity index (χ0v) is 13.6. The number of hydrogen-bond acceptors (Lipinski definition) is 6. The molecular weight excluding hydrogens is 304 g/mol. The summed E-state index contributed by atoms with van der Waals surface area (Å²) < 4.78 is 1.85. The molecule has 4 rings (SSSR count). The van der Waals surface area contributed by atoms with Gasteiger partial charge in [0.15, 0.2) is 5.65 Å². The SMILES string of the molecule is CN1CCN(c2ncnc3c2cnn3Cc2cccc(O)c2)CC1. The summed E-state index contributed by atoms with van der Waals surface area (Å²) in [5, 5.41) is 15.1. The monoisotopic (exact) mass is 324 g/mol. The van der Waals surface area contributed by atoms with Gasteiger partial charge in [0.25, 0.3) is 0 Å². The van der Waals surface area contributed by atoms with Gasteiger partial charge in [-0.3, -0.25) is 0 Å². The average molecular weight is 324 g/mol. The van der Waals surface area contributed by atoms with Gasteiger partial charge in [0.05, 0.1) is 18.1 Å². The van der Waals surface area contributed by atoms with Crippen molar-refractivity contribution in [2.75, 3.05) is 38.1 Å². The van der Waals surface area contributed by atoms with Gasteiger partial charge in [0.2, 0.25) is 0 Å². The Hall–Kier alpha value is -2.67. The molecule has 0 aliphatic carbocycles. The van der Waals surface area contributed by atoms with E-state index in [2.05, 4.69) is 31.9 Å². The topological polar surface area (TPSA) is 70.3 Å². The molecule has 3 aromatic rings. The zero-order chi connectivity index (χ0) is 16.5. The molecule has 0 spiro atoms. The van der Waals surface area contributed by atoms with E-state index in [1.165, 1.54) is 0 Å². The van der Waals surface area contributed by atoms with Gasteiger partial charge in [0.1, 0.15) is 17.9 Å². The van der Waals surface area contributed by atoms with Crippen molar-refractivity contribution < 1.29 is 5.11 Å². The number of likely N-dealkylation sites (N-methyl/N-ethyl adjacent to an activating group) is 1. The Labute approximate surface area is 140 Å². The Balaban J connectivity index is 1.66. The molecule has 7 nitrogen and oxygen atoms in total. The number of fused-ring (bicyclic) bond motifs is 1. The normalized spacial score (nSPS) is 16.0. The molecule has 1 N–H and O–H groups in total. The van der Waals surface area contributed by atoms with Crippen LogP contribution in [0, 0.1) is 0 Å². The van der Waals surface area contributed by atoms with Gasteiger partial charge in [0, 0.05) is 26.2 Å². The van der Waals surface area contributed by atoms with Gasteiger partial charge in [-0.1, -0.05) is 12.1 Å². The molecule has 1 fully saturated rings. The van der Waals surface area contributed by atoms with Crippen molar-refractivity contribution in [3.05, 3.63) is 42.4 Å². The minimum Gasteiger partial charge on any atom is -0.508 e. The first kappa shape index (κ1) is 14.9. The largest absolute Gasteiger partial charge is 0.508 e. The third-order valence-corrected chi connectivity index (χ3v) is 4.46. The Morgan fingerprint density at radius 1 is 1.12 bits per heavy atom. The molecule has 1 saturated heterocycles. The van der Waals surface area contributed by atoms with Crippen molar-refractivity contribution in [3.8, 4) is 5.75 Å². The quantitative estimate of drug-likeness (QED) is 0.784. The molecule has 7 heteroatoms. The van der Waals surface area contributed by atoms with Crippen LogP contribution in [0.2, 0.25) is 0 Å². The molecule has 1 aliphatic heterocycles. The predicted octanol–water partition coefficient (Wildman–Crippen LogP) is 1.33. The van der Waals surface area contributed by atoms with E-state index in [4.69, 9.17) is 0 Å². The highest BCUT2D eigenvalue weighted by atomic mass is 16.3. The van der Waals surface area contributed by atoms with Crippen molar-refractivity contribution in [2.24, 2.45) is 0 Å². The van der Waals surface area contributed by atoms with Crippen LogP contribution in [0.25, 0.3) is 11.0 Å². The van der Waals surface area contributed by atoms with Crippen molar-refractivity contribution in [3.63, 3.8) is 0 Å². The molecule has 1 aromatic carbocycles. The number of nitrogens with zero attached hydrogens (tertiary/aromatic N) is 6. The summed E-state index contributed by atoms with van der Waals surface area (Å²) in [6, 6.07) is 7.21. The maximum Gasteiger partial charge on any atom is 0.163 e. The number of hydrogen-bond donors (Lipinski definition) is 1. The lowest BCUT2D eigenvalue weighted by Gasteiger charge is -2.33. The lowest BCUT2D eigenvalue weighted by molar-refractivity contribution is 0.312. The van der Waals surface area contributed by atoms with Gasteiger partial charge < -0.3 is 14.9 Å². The second-order valence-corrected chi connectivity index (χ2v) is 6.20. The van der Waals surface area contributed by atoms with Crippen LogP contribution < -0.4 is 4.90 Å². The minimum absolute atomic E-state index is 0.261. The first-order chi connectivity index (χ1) is 11.7. The van der Waals surface area contributed by atoms with E-state index in [1.807, 2.05) is 23.0 Å². The van der Waals surface area contributed by atoms with Gasteiger partial charge in [-0.15, -0.1) is 0 Å². The van der Waals surface area contributed by atoms with E-state index in [-0.39, 0.29) is 5.75 Å². The van der Waals surface area contributed by atoms with E-state index in [0.717, 1.165) is 48.6 Å². The maximum absolute atomic E-state index is 9.62. The molecule has 3 heterocycles. The number of phenolic OH excluding ortho intramolecular Hbond substituents is 1. The average Bonchev–Trinajstić information content (AvgIpc) is 2.99. The molecule has 124 valence electrons. The second-order valence-electron chi connectivity index (χ2n) is 6.20. The third-order valence-electron chi connectivity index (χ3n) is 4.46. The van der Waals surface area contributed by atoms with Crippen LogP contribution in [0.4, 0.5) is 5.82 Å². The Morgan fingerprint density at radius 2 is 1.96 bits per heavy atom. The third kappa shape index (κ3) is 2.78. The summed E-state index contributed by atoms with van der Waals surface area (Å²) in [5.41, 5.74) is 1.81. The van der Waals surface area contributed by atoms with Crippen molar-refractivity contribution >= 4 is 16.9 Å². The molecule has 24 heavy (non-hydrogen) atoms. The number of rotatable bonds is 3. The van der Waals surface area contributed by atoms with Crippen LogP contribution in [0.5, 0.6) is 5.75 Å². The predicted molar refractivity (Wildman–Crippen MR) is 92.2 cm³/mol. The van der Waals surface area contributed by atoms with Crippen LogP contribution in [0.15, 0.2) is 36.8 Å². The number of aromatic nitrogens is 4. The molecule has 0 amide bonds. The highest BCUT2D eigenvalue weighted by Crippen LogP contribution is 2.24. The number of piperazine rings is 1. The van der Waals surface area contributed by atoms with Crippen LogP contribution in [-0.2, 0) is 6.54 Å². The number of anilines is 1. The van der Waals surface area contributed by atoms with Crippen LogP contribution in [0.3, 0.4) is 0 Å². The van der Waals surface area contributed by atoms with Crippen molar-refractivity contribution in [1.82, 2.24) is 24.6 Å². The first-order valence-electron chi connectivity index (χ1n) is 8.08. The summed E-state index contributed by atoms with van der Waals surface area (Å²) in [5.74, 6) is 1.21. The van der Waals surface area contributed by atoms with Gasteiger partial charge >= 0.3 is 0 Å².